The van der Waals surface area contributed by atoms with Gasteiger partial charge in [0.2, 0.25) is 5.91 Å². The van der Waals surface area contributed by atoms with E-state index in [1.807, 2.05) is 27.8 Å². The molecular weight excluding hydrogens is 226 g/mol. The van der Waals surface area contributed by atoms with E-state index in [1.54, 1.807) is 0 Å². The summed E-state index contributed by atoms with van der Waals surface area (Å²) in [5.41, 5.74) is 0. The number of piperidine rings is 1. The van der Waals surface area contributed by atoms with Crippen LogP contribution < -0.4 is 10.6 Å². The summed E-state index contributed by atoms with van der Waals surface area (Å²) < 4.78 is 0. The fourth-order valence-electron chi connectivity index (χ4n) is 2.33. The fraction of sp³-hybridized carbons (Fsp3) is 0.929. The van der Waals surface area contributed by atoms with E-state index in [0.29, 0.717) is 6.04 Å². The van der Waals surface area contributed by atoms with Crippen LogP contribution in [0.1, 0.15) is 46.5 Å². The second-order valence-electron chi connectivity index (χ2n) is 5.76. The maximum atomic E-state index is 11.9. The fourth-order valence-corrected chi connectivity index (χ4v) is 2.33. The molecule has 0 spiro atoms. The molecule has 0 saturated carbocycles. The van der Waals surface area contributed by atoms with Crippen LogP contribution in [0.3, 0.4) is 0 Å². The Kier molecular flexibility index (Phi) is 6.65. The van der Waals surface area contributed by atoms with E-state index >= 15 is 0 Å². The molecule has 0 aromatic rings. The van der Waals surface area contributed by atoms with Gasteiger partial charge in [-0.15, -0.1) is 0 Å². The van der Waals surface area contributed by atoms with Gasteiger partial charge < -0.3 is 10.6 Å². The number of hydrogen-bond acceptors (Lipinski definition) is 3. The number of hydrogen-bond donors (Lipinski definition) is 2. The van der Waals surface area contributed by atoms with Gasteiger partial charge >= 0.3 is 0 Å². The Hall–Kier alpha value is -0.610. The lowest BCUT2D eigenvalue weighted by atomic mass is 10.0. The molecule has 2 atom stereocenters. The second-order valence-corrected chi connectivity index (χ2v) is 5.76. The summed E-state index contributed by atoms with van der Waals surface area (Å²) in [5.74, 6) is 0.129. The van der Waals surface area contributed by atoms with Crippen LogP contribution in [0.25, 0.3) is 0 Å². The van der Waals surface area contributed by atoms with Crippen molar-refractivity contribution in [2.24, 2.45) is 0 Å². The lowest BCUT2D eigenvalue weighted by Gasteiger charge is -2.28. The molecule has 1 amide bonds. The highest BCUT2D eigenvalue weighted by atomic mass is 16.2. The van der Waals surface area contributed by atoms with E-state index in [2.05, 4.69) is 15.5 Å². The number of carbonyl (C=O) groups excluding carboxylic acids is 1. The van der Waals surface area contributed by atoms with Gasteiger partial charge in [0.15, 0.2) is 0 Å². The lowest BCUT2D eigenvalue weighted by molar-refractivity contribution is -0.126. The van der Waals surface area contributed by atoms with E-state index in [0.717, 1.165) is 19.5 Å². The van der Waals surface area contributed by atoms with E-state index in [-0.39, 0.29) is 18.0 Å². The summed E-state index contributed by atoms with van der Waals surface area (Å²) >= 11 is 0. The SMILES string of the molecule is CC(C)NC(=O)C(C)N(C)CCC1CCCCN1. The third kappa shape index (κ3) is 5.36. The van der Waals surface area contributed by atoms with Crippen molar-refractivity contribution in [3.63, 3.8) is 0 Å². The molecule has 2 unspecified atom stereocenters. The van der Waals surface area contributed by atoms with E-state index in [9.17, 15) is 4.79 Å². The maximum Gasteiger partial charge on any atom is 0.237 e. The van der Waals surface area contributed by atoms with Gasteiger partial charge in [0, 0.05) is 18.6 Å². The first-order valence-corrected chi connectivity index (χ1v) is 7.24. The Morgan fingerprint density at radius 2 is 2.11 bits per heavy atom. The number of likely N-dealkylation sites (N-methyl/N-ethyl adjacent to an activating group) is 1. The number of carbonyl (C=O) groups is 1. The van der Waals surface area contributed by atoms with Gasteiger partial charge in [-0.1, -0.05) is 6.42 Å². The summed E-state index contributed by atoms with van der Waals surface area (Å²) in [7, 11) is 2.04. The molecule has 2 N–H and O–H groups in total. The van der Waals surface area contributed by atoms with Crippen molar-refractivity contribution in [1.82, 2.24) is 15.5 Å². The van der Waals surface area contributed by atoms with Crippen LogP contribution in [-0.2, 0) is 4.79 Å². The summed E-state index contributed by atoms with van der Waals surface area (Å²) in [6.45, 7) is 8.10. The zero-order valence-electron chi connectivity index (χ0n) is 12.3. The van der Waals surface area contributed by atoms with Crippen molar-refractivity contribution in [2.45, 2.75) is 64.6 Å². The molecular formula is C14H29N3O. The van der Waals surface area contributed by atoms with E-state index in [1.165, 1.54) is 19.3 Å². The number of nitrogens with one attached hydrogen (secondary N) is 2. The van der Waals surface area contributed by atoms with Crippen molar-refractivity contribution < 1.29 is 4.79 Å². The summed E-state index contributed by atoms with van der Waals surface area (Å²) in [4.78, 5) is 14.0. The molecule has 106 valence electrons. The van der Waals surface area contributed by atoms with Gasteiger partial charge in [-0.2, -0.15) is 0 Å². The quantitative estimate of drug-likeness (QED) is 0.753. The van der Waals surface area contributed by atoms with Crippen LogP contribution in [0.15, 0.2) is 0 Å². The van der Waals surface area contributed by atoms with Crippen molar-refractivity contribution in [3.8, 4) is 0 Å². The average molecular weight is 255 g/mol. The van der Waals surface area contributed by atoms with Gasteiger partial charge in [-0.3, -0.25) is 9.69 Å². The van der Waals surface area contributed by atoms with Gasteiger partial charge in [-0.05, 0) is 53.6 Å². The summed E-state index contributed by atoms with van der Waals surface area (Å²) in [5, 5.41) is 6.51. The molecule has 1 saturated heterocycles. The normalized spacial score (nSPS) is 22.2. The molecule has 0 aliphatic carbocycles. The Morgan fingerprint density at radius 1 is 1.39 bits per heavy atom. The van der Waals surface area contributed by atoms with Crippen LogP contribution >= 0.6 is 0 Å². The first-order chi connectivity index (χ1) is 8.50. The highest BCUT2D eigenvalue weighted by molar-refractivity contribution is 5.81. The Morgan fingerprint density at radius 3 is 2.67 bits per heavy atom. The minimum absolute atomic E-state index is 0.0454. The molecule has 18 heavy (non-hydrogen) atoms. The van der Waals surface area contributed by atoms with Gasteiger partial charge in [0.1, 0.15) is 0 Å². The average Bonchev–Trinajstić information content (AvgIpc) is 2.35. The van der Waals surface area contributed by atoms with Gasteiger partial charge in [0.05, 0.1) is 6.04 Å². The minimum atomic E-state index is -0.0454. The largest absolute Gasteiger partial charge is 0.353 e. The number of nitrogens with zero attached hydrogens (tertiary/aromatic N) is 1. The zero-order chi connectivity index (χ0) is 13.5. The molecule has 0 aromatic carbocycles. The first-order valence-electron chi connectivity index (χ1n) is 7.24. The van der Waals surface area contributed by atoms with Crippen LogP contribution in [-0.4, -0.2) is 49.1 Å². The second kappa shape index (κ2) is 7.74. The van der Waals surface area contributed by atoms with Crippen LogP contribution in [0.5, 0.6) is 0 Å². The van der Waals surface area contributed by atoms with Crippen molar-refractivity contribution in [2.75, 3.05) is 20.1 Å². The predicted octanol–water partition coefficient (Wildman–Crippen LogP) is 1.36. The molecule has 4 nitrogen and oxygen atoms in total. The lowest BCUT2D eigenvalue weighted by Crippen LogP contribution is -2.47. The summed E-state index contributed by atoms with van der Waals surface area (Å²) in [6, 6.07) is 0.811. The third-order valence-corrected chi connectivity index (χ3v) is 3.71. The van der Waals surface area contributed by atoms with Crippen molar-refractivity contribution in [3.05, 3.63) is 0 Å². The maximum absolute atomic E-state index is 11.9. The Labute approximate surface area is 111 Å². The molecule has 4 heteroatoms. The number of rotatable bonds is 6. The molecule has 1 aliphatic heterocycles. The molecule has 1 fully saturated rings. The van der Waals surface area contributed by atoms with Crippen LogP contribution in [0, 0.1) is 0 Å². The Bertz CT molecular complexity index is 249. The van der Waals surface area contributed by atoms with Gasteiger partial charge in [0.25, 0.3) is 0 Å². The minimum Gasteiger partial charge on any atom is -0.353 e. The first kappa shape index (κ1) is 15.4. The predicted molar refractivity (Wildman–Crippen MR) is 75.6 cm³/mol. The highest BCUT2D eigenvalue weighted by Gasteiger charge is 2.20. The Balaban J connectivity index is 2.25. The summed E-state index contributed by atoms with van der Waals surface area (Å²) in [6.07, 6.45) is 5.06. The molecule has 0 radical (unpaired) electrons. The molecule has 0 bridgehead atoms. The van der Waals surface area contributed by atoms with Crippen LogP contribution in [0.2, 0.25) is 0 Å². The number of amides is 1. The van der Waals surface area contributed by atoms with Crippen molar-refractivity contribution >= 4 is 5.91 Å². The van der Waals surface area contributed by atoms with E-state index < -0.39 is 0 Å². The highest BCUT2D eigenvalue weighted by Crippen LogP contribution is 2.11. The molecule has 0 aromatic heterocycles. The monoisotopic (exact) mass is 255 g/mol. The third-order valence-electron chi connectivity index (χ3n) is 3.71. The molecule has 1 rings (SSSR count). The van der Waals surface area contributed by atoms with E-state index in [4.69, 9.17) is 0 Å². The standard InChI is InChI=1S/C14H29N3O/c1-11(2)16-14(18)12(3)17(4)10-8-13-7-5-6-9-15-13/h11-13,15H,5-10H2,1-4H3,(H,16,18). The molecule has 1 heterocycles. The topological polar surface area (TPSA) is 44.4 Å². The van der Waals surface area contributed by atoms with Gasteiger partial charge in [-0.25, -0.2) is 0 Å². The zero-order valence-corrected chi connectivity index (χ0v) is 12.3. The molecule has 1 aliphatic rings. The smallest absolute Gasteiger partial charge is 0.237 e. The van der Waals surface area contributed by atoms with Crippen LogP contribution in [0.4, 0.5) is 0 Å². The van der Waals surface area contributed by atoms with Crippen molar-refractivity contribution in [1.29, 1.82) is 0 Å².